The van der Waals surface area contributed by atoms with Crippen LogP contribution in [0.25, 0.3) is 0 Å². The first-order chi connectivity index (χ1) is 27.7. The Kier molecular flexibility index (Phi) is 48.3. The molecule has 0 saturated carbocycles. The van der Waals surface area contributed by atoms with Crippen LogP contribution in [0, 0.1) is 0 Å². The molecule has 0 aromatic carbocycles. The monoisotopic (exact) mass is 801 g/mol. The molecule has 0 spiro atoms. The number of rotatable bonds is 48. The van der Waals surface area contributed by atoms with Crippen molar-refractivity contribution in [3.63, 3.8) is 0 Å². The molecule has 1 nitrogen and oxygen atoms in total. The van der Waals surface area contributed by atoms with Gasteiger partial charge in [-0.1, -0.05) is 231 Å². The van der Waals surface area contributed by atoms with Crippen LogP contribution in [0.5, 0.6) is 0 Å². The van der Waals surface area contributed by atoms with E-state index in [0.29, 0.717) is 0 Å². The van der Waals surface area contributed by atoms with Crippen molar-refractivity contribution in [2.24, 2.45) is 0 Å². The normalized spacial score (nSPS) is 13.3. The maximum atomic E-state index is 14.2. The van der Waals surface area contributed by atoms with Gasteiger partial charge in [0.05, 0.1) is 7.14 Å². The van der Waals surface area contributed by atoms with Gasteiger partial charge in [0, 0.05) is 18.5 Å². The minimum atomic E-state index is -2.01. The van der Waals surface area contributed by atoms with E-state index in [0.717, 1.165) is 18.5 Å². The largest absolute Gasteiger partial charge is 0.324 e. The maximum absolute atomic E-state index is 14.2. The van der Waals surface area contributed by atoms with Crippen molar-refractivity contribution in [2.75, 3.05) is 18.5 Å². The highest BCUT2D eigenvalue weighted by Crippen LogP contribution is 2.48. The molecule has 0 fully saturated rings. The van der Waals surface area contributed by atoms with Crippen LogP contribution in [-0.4, -0.2) is 18.5 Å². The molecule has 2 heteroatoms. The highest BCUT2D eigenvalue weighted by atomic mass is 31.2. The number of hydrogen-bond acceptors (Lipinski definition) is 1. The first-order valence-corrected chi connectivity index (χ1v) is 28.5. The van der Waals surface area contributed by atoms with Gasteiger partial charge in [0.1, 0.15) is 0 Å². The average molecular weight is 801 g/mol. The lowest BCUT2D eigenvalue weighted by molar-refractivity contribution is 0.554. The van der Waals surface area contributed by atoms with Crippen LogP contribution >= 0.6 is 7.14 Å². The summed E-state index contributed by atoms with van der Waals surface area (Å²) in [6, 6.07) is 0. The van der Waals surface area contributed by atoms with Crippen molar-refractivity contribution in [3.8, 4) is 0 Å². The van der Waals surface area contributed by atoms with Gasteiger partial charge in [-0.05, 0) is 96.3 Å². The summed E-state index contributed by atoms with van der Waals surface area (Å²) in [5.74, 6) is 0. The molecule has 0 aromatic rings. The van der Waals surface area contributed by atoms with Crippen LogP contribution in [0.3, 0.4) is 0 Å². The SMILES string of the molecule is CCCCCCCCC=CCCCCCCCCP(=O)(CCCCCCCCC=CCCCCCCCC)CCCCCCCCC=CCCCCCCCC. The van der Waals surface area contributed by atoms with Crippen molar-refractivity contribution in [1.29, 1.82) is 0 Å². The van der Waals surface area contributed by atoms with Gasteiger partial charge >= 0.3 is 0 Å². The molecular weight excluding hydrogens is 696 g/mol. The van der Waals surface area contributed by atoms with Crippen LogP contribution in [0.4, 0.5) is 0 Å². The standard InChI is InChI=1S/C54H105OP/c1-4-7-10-13-16-19-22-25-28-31-34-37-40-43-46-49-52-56(55,53-50-47-44-41-38-35-32-29-26-23-20-17-14-11-8-5-2)54-51-48-45-42-39-36-33-30-27-24-21-18-15-12-9-6-3/h25-30H,4-24,31-54H2,1-3H3. The third-order valence-corrected chi connectivity index (χ3v) is 15.6. The molecule has 0 N–H and O–H groups in total. The summed E-state index contributed by atoms with van der Waals surface area (Å²) in [5.41, 5.74) is 0. The second kappa shape index (κ2) is 48.8. The third-order valence-electron chi connectivity index (χ3n) is 12.2. The Bertz CT molecular complexity index is 745. The van der Waals surface area contributed by atoms with Crippen molar-refractivity contribution in [1.82, 2.24) is 0 Å². The quantitative estimate of drug-likeness (QED) is 0.0340. The average Bonchev–Trinajstić information content (AvgIpc) is 3.20. The Morgan fingerprint density at radius 3 is 0.589 bits per heavy atom. The molecule has 0 aromatic heterocycles. The predicted molar refractivity (Wildman–Crippen MR) is 261 cm³/mol. The van der Waals surface area contributed by atoms with Gasteiger partial charge < -0.3 is 4.57 Å². The highest BCUT2D eigenvalue weighted by Gasteiger charge is 2.20. The van der Waals surface area contributed by atoms with Crippen LogP contribution < -0.4 is 0 Å². The summed E-state index contributed by atoms with van der Waals surface area (Å²) < 4.78 is 14.2. The summed E-state index contributed by atoms with van der Waals surface area (Å²) in [7, 11) is -2.01. The number of unbranched alkanes of at least 4 members (excludes halogenated alkanes) is 36. The zero-order valence-electron chi connectivity index (χ0n) is 39.1. The van der Waals surface area contributed by atoms with Gasteiger partial charge in [-0.2, -0.15) is 0 Å². The first-order valence-electron chi connectivity index (χ1n) is 26.2. The molecule has 0 aliphatic carbocycles. The molecule has 0 aliphatic rings. The van der Waals surface area contributed by atoms with Gasteiger partial charge in [-0.15, -0.1) is 0 Å². The number of allylic oxidation sites excluding steroid dienone is 6. The molecular formula is C54H105OP. The van der Waals surface area contributed by atoms with E-state index in [1.54, 1.807) is 0 Å². The lowest BCUT2D eigenvalue weighted by Gasteiger charge is -2.19. The van der Waals surface area contributed by atoms with Gasteiger partial charge in [0.2, 0.25) is 0 Å². The smallest absolute Gasteiger partial charge is 0.0877 e. The molecule has 0 amide bonds. The first kappa shape index (κ1) is 55.5. The van der Waals surface area contributed by atoms with Gasteiger partial charge in [0.25, 0.3) is 0 Å². The van der Waals surface area contributed by atoms with Crippen molar-refractivity contribution in [2.45, 2.75) is 290 Å². The zero-order chi connectivity index (χ0) is 40.6. The predicted octanol–water partition coefficient (Wildman–Crippen LogP) is 20.5. The number of hydrogen-bond donors (Lipinski definition) is 0. The van der Waals surface area contributed by atoms with Gasteiger partial charge in [-0.25, -0.2) is 0 Å². The summed E-state index contributed by atoms with van der Waals surface area (Å²) in [5, 5.41) is 0. The molecule has 332 valence electrons. The minimum absolute atomic E-state index is 1.03. The summed E-state index contributed by atoms with van der Waals surface area (Å²) >= 11 is 0. The fraction of sp³-hybridized carbons (Fsp3) is 0.889. The summed E-state index contributed by atoms with van der Waals surface area (Å²) in [6.45, 7) is 6.89. The van der Waals surface area contributed by atoms with E-state index in [1.165, 1.54) is 270 Å². The van der Waals surface area contributed by atoms with E-state index < -0.39 is 7.14 Å². The van der Waals surface area contributed by atoms with E-state index in [4.69, 9.17) is 0 Å². The molecule has 0 atom stereocenters. The lowest BCUT2D eigenvalue weighted by Crippen LogP contribution is -2.02. The van der Waals surface area contributed by atoms with Gasteiger partial charge in [0.15, 0.2) is 0 Å². The summed E-state index contributed by atoms with van der Waals surface area (Å²) in [6.07, 6.45) is 74.2. The van der Waals surface area contributed by atoms with E-state index in [9.17, 15) is 4.57 Å². The van der Waals surface area contributed by atoms with Crippen LogP contribution in [-0.2, 0) is 4.57 Å². The van der Waals surface area contributed by atoms with Crippen molar-refractivity contribution < 1.29 is 4.57 Å². The van der Waals surface area contributed by atoms with Crippen LogP contribution in [0.2, 0.25) is 0 Å². The second-order valence-corrected chi connectivity index (χ2v) is 21.5. The summed E-state index contributed by atoms with van der Waals surface area (Å²) in [4.78, 5) is 0. The topological polar surface area (TPSA) is 17.1 Å². The Labute approximate surface area is 355 Å². The molecule has 0 bridgehead atoms. The highest BCUT2D eigenvalue weighted by molar-refractivity contribution is 7.63. The second-order valence-electron chi connectivity index (χ2n) is 18.0. The Morgan fingerprint density at radius 1 is 0.232 bits per heavy atom. The Morgan fingerprint density at radius 2 is 0.393 bits per heavy atom. The van der Waals surface area contributed by atoms with Crippen LogP contribution in [0.15, 0.2) is 36.5 Å². The zero-order valence-corrected chi connectivity index (χ0v) is 40.0. The third kappa shape index (κ3) is 46.1. The minimum Gasteiger partial charge on any atom is -0.324 e. The molecule has 0 aliphatic heterocycles. The molecule has 56 heavy (non-hydrogen) atoms. The lowest BCUT2D eigenvalue weighted by atomic mass is 10.1. The maximum Gasteiger partial charge on any atom is 0.0877 e. The molecule has 0 heterocycles. The van der Waals surface area contributed by atoms with Crippen LogP contribution in [0.1, 0.15) is 290 Å². The van der Waals surface area contributed by atoms with Crippen molar-refractivity contribution in [3.05, 3.63) is 36.5 Å². The van der Waals surface area contributed by atoms with Crippen molar-refractivity contribution >= 4 is 7.14 Å². The Hall–Kier alpha value is -0.550. The van der Waals surface area contributed by atoms with E-state index in [2.05, 4.69) is 57.2 Å². The Balaban J connectivity index is 4.19. The molecule has 0 unspecified atom stereocenters. The van der Waals surface area contributed by atoms with E-state index in [-0.39, 0.29) is 0 Å². The van der Waals surface area contributed by atoms with E-state index in [1.807, 2.05) is 0 Å². The molecule has 0 radical (unpaired) electrons. The van der Waals surface area contributed by atoms with Gasteiger partial charge in [-0.3, -0.25) is 0 Å². The molecule has 0 rings (SSSR count). The van der Waals surface area contributed by atoms with E-state index >= 15 is 0 Å². The molecule has 0 saturated heterocycles. The fourth-order valence-corrected chi connectivity index (χ4v) is 11.3. The fourth-order valence-electron chi connectivity index (χ4n) is 8.28.